The summed E-state index contributed by atoms with van der Waals surface area (Å²) in [6.45, 7) is 5.11. The smallest absolute Gasteiger partial charge is 0.257 e. The number of hydrogen-bond acceptors (Lipinski definition) is 8. The monoisotopic (exact) mass is 278 g/mol. The molecule has 0 fully saturated rings. The molecule has 2 aromatic heterocycles. The Hall–Kier alpha value is -2.26. The van der Waals surface area contributed by atoms with Crippen LogP contribution in [-0.4, -0.2) is 44.0 Å². The number of nitrogen functional groups attached to an aromatic ring is 1. The summed E-state index contributed by atoms with van der Waals surface area (Å²) >= 11 is 0. The van der Waals surface area contributed by atoms with Gasteiger partial charge in [0.15, 0.2) is 0 Å². The average molecular weight is 278 g/mol. The maximum atomic E-state index is 5.43. The fourth-order valence-corrected chi connectivity index (χ4v) is 1.46. The van der Waals surface area contributed by atoms with Crippen molar-refractivity contribution in [1.82, 2.24) is 24.7 Å². The zero-order valence-electron chi connectivity index (χ0n) is 11.4. The highest BCUT2D eigenvalue weighted by Crippen LogP contribution is 2.07. The first-order valence-corrected chi connectivity index (χ1v) is 6.27. The molecule has 2 heterocycles. The van der Waals surface area contributed by atoms with E-state index in [1.807, 2.05) is 13.8 Å². The van der Waals surface area contributed by atoms with Crippen LogP contribution in [0.3, 0.4) is 0 Å². The van der Waals surface area contributed by atoms with Gasteiger partial charge in [0, 0.05) is 18.9 Å². The lowest BCUT2D eigenvalue weighted by Gasteiger charge is -2.10. The van der Waals surface area contributed by atoms with Gasteiger partial charge in [-0.25, -0.2) is 10.5 Å². The van der Waals surface area contributed by atoms with Crippen LogP contribution in [0, 0.1) is 0 Å². The summed E-state index contributed by atoms with van der Waals surface area (Å²) in [5.41, 5.74) is 2.40. The van der Waals surface area contributed by atoms with Gasteiger partial charge in [-0.2, -0.15) is 20.1 Å². The van der Waals surface area contributed by atoms with Gasteiger partial charge in [0.05, 0.1) is 12.7 Å². The van der Waals surface area contributed by atoms with Crippen molar-refractivity contribution in [2.24, 2.45) is 5.84 Å². The third-order valence-electron chi connectivity index (χ3n) is 2.30. The van der Waals surface area contributed by atoms with E-state index in [1.54, 1.807) is 18.5 Å². The van der Waals surface area contributed by atoms with E-state index in [9.17, 15) is 0 Å². The summed E-state index contributed by atoms with van der Waals surface area (Å²) in [7, 11) is 0. The Morgan fingerprint density at radius 2 is 2.10 bits per heavy atom. The fraction of sp³-hybridized carbons (Fsp3) is 0.455. The van der Waals surface area contributed by atoms with Gasteiger partial charge < -0.3 is 10.1 Å². The topological polar surface area (TPSA) is 116 Å². The van der Waals surface area contributed by atoms with Crippen molar-refractivity contribution in [2.45, 2.75) is 20.0 Å². The van der Waals surface area contributed by atoms with E-state index in [4.69, 9.17) is 10.6 Å². The van der Waals surface area contributed by atoms with Crippen LogP contribution < -0.4 is 16.6 Å². The third kappa shape index (κ3) is 3.87. The number of hydrogen-bond donors (Lipinski definition) is 3. The zero-order chi connectivity index (χ0) is 14.4. The number of nitrogens with zero attached hydrogens (tertiary/aromatic N) is 5. The lowest BCUT2D eigenvalue weighted by Crippen LogP contribution is -2.18. The number of rotatable bonds is 7. The Kier molecular flexibility index (Phi) is 4.80. The van der Waals surface area contributed by atoms with Crippen LogP contribution in [0.2, 0.25) is 0 Å². The molecule has 9 heteroatoms. The molecule has 0 aliphatic heterocycles. The summed E-state index contributed by atoms with van der Waals surface area (Å²) in [6, 6.07) is 1.78. The molecule has 0 aromatic carbocycles. The average Bonchev–Trinajstić information content (AvgIpc) is 2.97. The van der Waals surface area contributed by atoms with Gasteiger partial charge in [-0.15, -0.1) is 0 Å². The number of anilines is 2. The quantitative estimate of drug-likeness (QED) is 0.373. The Balaban J connectivity index is 2.06. The van der Waals surface area contributed by atoms with Crippen molar-refractivity contribution >= 4 is 11.9 Å². The highest BCUT2D eigenvalue weighted by atomic mass is 16.5. The highest BCUT2D eigenvalue weighted by Gasteiger charge is 2.07. The van der Waals surface area contributed by atoms with Gasteiger partial charge in [-0.3, -0.25) is 5.43 Å². The first-order valence-electron chi connectivity index (χ1n) is 6.27. The van der Waals surface area contributed by atoms with Crippen molar-refractivity contribution < 1.29 is 4.74 Å². The number of nitrogens with one attached hydrogen (secondary N) is 2. The molecule has 108 valence electrons. The molecule has 2 rings (SSSR count). The Morgan fingerprint density at radius 1 is 1.30 bits per heavy atom. The van der Waals surface area contributed by atoms with Crippen LogP contribution in [0.5, 0.6) is 0 Å². The maximum absolute atomic E-state index is 5.43. The van der Waals surface area contributed by atoms with Crippen molar-refractivity contribution in [2.75, 3.05) is 23.9 Å². The second-order valence-electron chi connectivity index (χ2n) is 4.22. The van der Waals surface area contributed by atoms with E-state index in [0.717, 1.165) is 0 Å². The van der Waals surface area contributed by atoms with Gasteiger partial charge in [0.2, 0.25) is 11.9 Å². The highest BCUT2D eigenvalue weighted by molar-refractivity contribution is 5.36. The van der Waals surface area contributed by atoms with Gasteiger partial charge in [-0.05, 0) is 19.9 Å². The van der Waals surface area contributed by atoms with E-state index in [-0.39, 0.29) is 12.1 Å². The molecule has 0 aliphatic rings. The molecule has 0 radical (unpaired) electrons. The van der Waals surface area contributed by atoms with Crippen molar-refractivity contribution in [3.63, 3.8) is 0 Å². The van der Waals surface area contributed by atoms with E-state index in [1.165, 1.54) is 4.68 Å². The number of ether oxygens (including phenoxy) is 1. The minimum atomic E-state index is 0.191. The molecule has 2 aromatic rings. The molecule has 0 spiro atoms. The van der Waals surface area contributed by atoms with Crippen molar-refractivity contribution in [1.29, 1.82) is 0 Å². The fourth-order valence-electron chi connectivity index (χ4n) is 1.46. The molecule has 0 saturated heterocycles. The molecule has 0 amide bonds. The number of aromatic nitrogens is 5. The number of nitrogens with two attached hydrogens (primary N) is 1. The Bertz CT molecular complexity index is 527. The van der Waals surface area contributed by atoms with E-state index < -0.39 is 0 Å². The first-order chi connectivity index (χ1) is 9.69. The molecule has 0 atom stereocenters. The van der Waals surface area contributed by atoms with E-state index >= 15 is 0 Å². The summed E-state index contributed by atoms with van der Waals surface area (Å²) in [4.78, 5) is 12.5. The maximum Gasteiger partial charge on any atom is 0.257 e. The minimum absolute atomic E-state index is 0.191. The molecule has 0 unspecified atom stereocenters. The van der Waals surface area contributed by atoms with Crippen molar-refractivity contribution in [3.05, 3.63) is 18.5 Å². The Morgan fingerprint density at radius 3 is 2.75 bits per heavy atom. The molecule has 0 saturated carbocycles. The second-order valence-corrected chi connectivity index (χ2v) is 4.22. The number of hydrazine groups is 1. The predicted molar refractivity (Wildman–Crippen MR) is 74.3 cm³/mol. The van der Waals surface area contributed by atoms with Crippen LogP contribution in [0.25, 0.3) is 5.95 Å². The van der Waals surface area contributed by atoms with Gasteiger partial charge in [-0.1, -0.05) is 0 Å². The third-order valence-corrected chi connectivity index (χ3v) is 2.30. The van der Waals surface area contributed by atoms with Crippen LogP contribution in [-0.2, 0) is 4.74 Å². The summed E-state index contributed by atoms with van der Waals surface area (Å²) in [5, 5.41) is 7.12. The van der Waals surface area contributed by atoms with E-state index in [2.05, 4.69) is 30.8 Å². The standard InChI is InChI=1S/C11H18N8O/c1-8(2)20-7-5-13-9-15-10(18-12)17-11(16-9)19-6-3-4-14-19/h3-4,6,8H,5,7,12H2,1-2H3,(H2,13,15,16,17,18). The van der Waals surface area contributed by atoms with Crippen LogP contribution in [0.4, 0.5) is 11.9 Å². The second kappa shape index (κ2) is 6.78. The summed E-state index contributed by atoms with van der Waals surface area (Å²) in [5.74, 6) is 6.40. The molecule has 0 aliphatic carbocycles. The lowest BCUT2D eigenvalue weighted by atomic mass is 10.5. The van der Waals surface area contributed by atoms with Gasteiger partial charge >= 0.3 is 0 Å². The van der Waals surface area contributed by atoms with Gasteiger partial charge in [0.1, 0.15) is 0 Å². The van der Waals surface area contributed by atoms with Crippen molar-refractivity contribution in [3.8, 4) is 5.95 Å². The minimum Gasteiger partial charge on any atom is -0.377 e. The summed E-state index contributed by atoms with van der Waals surface area (Å²) < 4.78 is 6.96. The van der Waals surface area contributed by atoms with Crippen LogP contribution in [0.1, 0.15) is 13.8 Å². The lowest BCUT2D eigenvalue weighted by molar-refractivity contribution is 0.0870. The van der Waals surface area contributed by atoms with Gasteiger partial charge in [0.25, 0.3) is 5.95 Å². The zero-order valence-corrected chi connectivity index (χ0v) is 11.4. The van der Waals surface area contributed by atoms with E-state index in [0.29, 0.717) is 25.0 Å². The molecule has 0 bridgehead atoms. The molecule has 4 N–H and O–H groups in total. The molecule has 9 nitrogen and oxygen atoms in total. The molecular formula is C11H18N8O. The normalized spacial score (nSPS) is 10.8. The largest absolute Gasteiger partial charge is 0.377 e. The molecule has 20 heavy (non-hydrogen) atoms. The summed E-state index contributed by atoms with van der Waals surface area (Å²) in [6.07, 6.45) is 3.57. The predicted octanol–water partition coefficient (Wildman–Crippen LogP) is 0.180. The van der Waals surface area contributed by atoms with Crippen LogP contribution >= 0.6 is 0 Å². The molecular weight excluding hydrogens is 260 g/mol. The van der Waals surface area contributed by atoms with Crippen LogP contribution in [0.15, 0.2) is 18.5 Å². The Labute approximate surface area is 116 Å². The SMILES string of the molecule is CC(C)OCCNc1nc(NN)nc(-n2cccn2)n1. The first kappa shape index (κ1) is 14.2.